The van der Waals surface area contributed by atoms with E-state index in [1.807, 2.05) is 44.7 Å². The zero-order chi connectivity index (χ0) is 21.9. The molecule has 0 spiro atoms. The summed E-state index contributed by atoms with van der Waals surface area (Å²) in [4.78, 5) is 16.5. The van der Waals surface area contributed by atoms with Gasteiger partial charge in [-0.15, -0.1) is 11.3 Å². The number of rotatable bonds is 8. The molecule has 1 amide bonds. The van der Waals surface area contributed by atoms with Gasteiger partial charge in [-0.1, -0.05) is 26.0 Å². The van der Waals surface area contributed by atoms with Crippen LogP contribution in [-0.4, -0.2) is 49.2 Å². The third kappa shape index (κ3) is 4.77. The molecule has 3 rings (SSSR count). The van der Waals surface area contributed by atoms with Crippen molar-refractivity contribution in [1.29, 1.82) is 0 Å². The Labute approximate surface area is 183 Å². The van der Waals surface area contributed by atoms with E-state index in [1.165, 1.54) is 14.7 Å². The number of hydrogen-bond donors (Lipinski definition) is 1. The largest absolute Gasteiger partial charge is 0.337 e. The number of carbonyl (C=O) groups excluding carboxylic acids is 1. The third-order valence-electron chi connectivity index (χ3n) is 5.71. The standard InChI is InChI=1S/C22H31N3O3S2/c1-5-25(6-2)30(27,28)20-9-7-18(8-10-20)16(3)23-17(4)22(26)24-13-11-21-19(15-24)12-14-29-21/h7-10,12,14,16-17,23H,5-6,11,13,15H2,1-4H3. The fourth-order valence-corrected chi connectivity index (χ4v) is 6.24. The number of sulfonamides is 1. The molecule has 1 aromatic heterocycles. The molecule has 2 aromatic rings. The smallest absolute Gasteiger partial charge is 0.243 e. The van der Waals surface area contributed by atoms with Crippen LogP contribution in [0.5, 0.6) is 0 Å². The molecule has 2 heterocycles. The van der Waals surface area contributed by atoms with Crippen LogP contribution in [0.1, 0.15) is 49.7 Å². The first-order chi connectivity index (χ1) is 14.3. The van der Waals surface area contributed by atoms with E-state index in [0.29, 0.717) is 24.5 Å². The van der Waals surface area contributed by atoms with Crippen LogP contribution in [0.4, 0.5) is 0 Å². The van der Waals surface area contributed by atoms with Crippen LogP contribution < -0.4 is 5.32 Å². The second-order valence-electron chi connectivity index (χ2n) is 7.65. The minimum Gasteiger partial charge on any atom is -0.337 e. The second kappa shape index (κ2) is 9.60. The van der Waals surface area contributed by atoms with E-state index in [9.17, 15) is 13.2 Å². The Morgan fingerprint density at radius 3 is 2.47 bits per heavy atom. The quantitative estimate of drug-likeness (QED) is 0.671. The molecule has 2 unspecified atom stereocenters. The van der Waals surface area contributed by atoms with Gasteiger partial charge in [0.25, 0.3) is 0 Å². The van der Waals surface area contributed by atoms with Gasteiger partial charge in [-0.25, -0.2) is 8.42 Å². The zero-order valence-electron chi connectivity index (χ0n) is 18.1. The first-order valence-corrected chi connectivity index (χ1v) is 12.8. The molecule has 1 aromatic carbocycles. The van der Waals surface area contributed by atoms with Crippen LogP contribution in [0.3, 0.4) is 0 Å². The summed E-state index contributed by atoms with van der Waals surface area (Å²) >= 11 is 1.76. The summed E-state index contributed by atoms with van der Waals surface area (Å²) in [6.45, 7) is 9.87. The van der Waals surface area contributed by atoms with Gasteiger partial charge in [0.2, 0.25) is 15.9 Å². The lowest BCUT2D eigenvalue weighted by molar-refractivity contribution is -0.134. The summed E-state index contributed by atoms with van der Waals surface area (Å²) in [7, 11) is -3.46. The number of nitrogens with zero attached hydrogens (tertiary/aromatic N) is 2. The Hall–Kier alpha value is -1.74. The lowest BCUT2D eigenvalue weighted by Gasteiger charge is -2.31. The lowest BCUT2D eigenvalue weighted by Crippen LogP contribution is -2.47. The van der Waals surface area contributed by atoms with Gasteiger partial charge in [0.1, 0.15) is 0 Å². The Kier molecular flexibility index (Phi) is 7.34. The third-order valence-corrected chi connectivity index (χ3v) is 8.80. The number of carbonyl (C=O) groups is 1. The predicted octanol–water partition coefficient (Wildman–Crippen LogP) is 3.40. The highest BCUT2D eigenvalue weighted by Gasteiger charge is 2.26. The molecule has 0 radical (unpaired) electrons. The van der Waals surface area contributed by atoms with E-state index < -0.39 is 10.0 Å². The molecule has 0 aliphatic carbocycles. The fraction of sp³-hybridized carbons (Fsp3) is 0.500. The van der Waals surface area contributed by atoms with Crippen molar-refractivity contribution >= 4 is 27.3 Å². The molecule has 8 heteroatoms. The first-order valence-electron chi connectivity index (χ1n) is 10.5. The summed E-state index contributed by atoms with van der Waals surface area (Å²) in [5.74, 6) is 0.0967. The molecule has 164 valence electrons. The van der Waals surface area contributed by atoms with Crippen LogP contribution in [0, 0.1) is 0 Å². The Morgan fingerprint density at radius 2 is 1.83 bits per heavy atom. The SMILES string of the molecule is CCN(CC)S(=O)(=O)c1ccc(C(C)NC(C)C(=O)N2CCc3sccc3C2)cc1. The number of fused-ring (bicyclic) bond motifs is 1. The van der Waals surface area contributed by atoms with E-state index in [2.05, 4.69) is 16.8 Å². The molecule has 0 saturated carbocycles. The van der Waals surface area contributed by atoms with E-state index in [4.69, 9.17) is 0 Å². The number of benzene rings is 1. The summed E-state index contributed by atoms with van der Waals surface area (Å²) in [5.41, 5.74) is 2.21. The van der Waals surface area contributed by atoms with Gasteiger partial charge in [0.15, 0.2) is 0 Å². The van der Waals surface area contributed by atoms with E-state index in [-0.39, 0.29) is 18.0 Å². The zero-order valence-corrected chi connectivity index (χ0v) is 19.7. The summed E-state index contributed by atoms with van der Waals surface area (Å²) in [6, 6.07) is 8.66. The highest BCUT2D eigenvalue weighted by molar-refractivity contribution is 7.89. The maximum absolute atomic E-state index is 12.9. The average Bonchev–Trinajstić information content (AvgIpc) is 3.21. The second-order valence-corrected chi connectivity index (χ2v) is 10.6. The van der Waals surface area contributed by atoms with Crippen molar-refractivity contribution in [3.8, 4) is 0 Å². The van der Waals surface area contributed by atoms with E-state index in [0.717, 1.165) is 18.5 Å². The highest BCUT2D eigenvalue weighted by atomic mass is 32.2. The van der Waals surface area contributed by atoms with Gasteiger partial charge in [0.05, 0.1) is 10.9 Å². The maximum atomic E-state index is 12.9. The molecule has 1 aliphatic heterocycles. The minimum absolute atomic E-state index is 0.0735. The molecular weight excluding hydrogens is 418 g/mol. The van der Waals surface area contributed by atoms with Gasteiger partial charge in [0, 0.05) is 37.1 Å². The van der Waals surface area contributed by atoms with Crippen molar-refractivity contribution in [2.45, 2.75) is 57.6 Å². The first kappa shape index (κ1) is 22.9. The highest BCUT2D eigenvalue weighted by Crippen LogP contribution is 2.25. The van der Waals surface area contributed by atoms with Gasteiger partial charge < -0.3 is 4.90 Å². The van der Waals surface area contributed by atoms with Crippen molar-refractivity contribution < 1.29 is 13.2 Å². The minimum atomic E-state index is -3.46. The van der Waals surface area contributed by atoms with Gasteiger partial charge >= 0.3 is 0 Å². The summed E-state index contributed by atoms with van der Waals surface area (Å²) in [6.07, 6.45) is 0.920. The number of amides is 1. The fourth-order valence-electron chi connectivity index (χ4n) is 3.89. The molecule has 0 fully saturated rings. The summed E-state index contributed by atoms with van der Waals surface area (Å²) < 4.78 is 26.7. The van der Waals surface area contributed by atoms with E-state index >= 15 is 0 Å². The number of thiophene rings is 1. The molecule has 0 bridgehead atoms. The van der Waals surface area contributed by atoms with Gasteiger partial charge in [-0.3, -0.25) is 10.1 Å². The average molecular weight is 450 g/mol. The molecule has 0 saturated heterocycles. The molecule has 1 N–H and O–H groups in total. The van der Waals surface area contributed by atoms with Crippen molar-refractivity contribution in [3.05, 3.63) is 51.7 Å². The van der Waals surface area contributed by atoms with Crippen molar-refractivity contribution in [3.63, 3.8) is 0 Å². The molecule has 1 aliphatic rings. The molecular formula is C22H31N3O3S2. The molecule has 6 nitrogen and oxygen atoms in total. The van der Waals surface area contributed by atoms with Crippen LogP contribution in [-0.2, 0) is 27.8 Å². The monoisotopic (exact) mass is 449 g/mol. The Bertz CT molecular complexity index is 966. The van der Waals surface area contributed by atoms with Crippen LogP contribution in [0.25, 0.3) is 0 Å². The van der Waals surface area contributed by atoms with Gasteiger partial charge in [-0.05, 0) is 55.0 Å². The summed E-state index contributed by atoms with van der Waals surface area (Å²) in [5, 5.41) is 5.46. The Morgan fingerprint density at radius 1 is 1.17 bits per heavy atom. The van der Waals surface area contributed by atoms with E-state index in [1.54, 1.807) is 23.5 Å². The number of nitrogens with one attached hydrogen (secondary N) is 1. The van der Waals surface area contributed by atoms with Crippen molar-refractivity contribution in [2.75, 3.05) is 19.6 Å². The van der Waals surface area contributed by atoms with Crippen molar-refractivity contribution in [2.24, 2.45) is 0 Å². The van der Waals surface area contributed by atoms with Crippen LogP contribution in [0.15, 0.2) is 40.6 Å². The maximum Gasteiger partial charge on any atom is 0.243 e. The predicted molar refractivity (Wildman–Crippen MR) is 121 cm³/mol. The lowest BCUT2D eigenvalue weighted by atomic mass is 10.1. The van der Waals surface area contributed by atoms with Gasteiger partial charge in [-0.2, -0.15) is 4.31 Å². The number of hydrogen-bond acceptors (Lipinski definition) is 5. The molecule has 30 heavy (non-hydrogen) atoms. The molecule has 2 atom stereocenters. The normalized spacial score (nSPS) is 16.4. The van der Waals surface area contributed by atoms with Crippen molar-refractivity contribution in [1.82, 2.24) is 14.5 Å². The Balaban J connectivity index is 1.63. The van der Waals surface area contributed by atoms with Crippen LogP contribution >= 0.6 is 11.3 Å². The topological polar surface area (TPSA) is 69.7 Å². The van der Waals surface area contributed by atoms with Crippen LogP contribution in [0.2, 0.25) is 0 Å².